The Bertz CT molecular complexity index is 1400. The number of carbonyl (C=O) groups is 2. The summed E-state index contributed by atoms with van der Waals surface area (Å²) in [4.78, 5) is 29.1. The lowest BCUT2D eigenvalue weighted by Gasteiger charge is -2.34. The Balaban J connectivity index is 1.89. The molecule has 3 aromatic carbocycles. The third kappa shape index (κ3) is 10.0. The molecule has 0 aliphatic heterocycles. The van der Waals surface area contributed by atoms with Crippen LogP contribution < -0.4 is 9.62 Å². The Morgan fingerprint density at radius 2 is 1.51 bits per heavy atom. The molecule has 0 saturated carbocycles. The molecule has 0 radical (unpaired) electrons. The first kappa shape index (κ1) is 31.8. The highest BCUT2D eigenvalue weighted by molar-refractivity contribution is 7.92. The highest BCUT2D eigenvalue weighted by atomic mass is 32.2. The van der Waals surface area contributed by atoms with Gasteiger partial charge in [-0.15, -0.1) is 0 Å². The van der Waals surface area contributed by atoms with E-state index in [2.05, 4.69) is 5.32 Å². The van der Waals surface area contributed by atoms with Gasteiger partial charge in [0, 0.05) is 31.5 Å². The molecule has 0 spiro atoms. The van der Waals surface area contributed by atoms with Gasteiger partial charge in [-0.05, 0) is 69.5 Å². The van der Waals surface area contributed by atoms with Gasteiger partial charge in [-0.2, -0.15) is 0 Å². The number of amides is 2. The van der Waals surface area contributed by atoms with Crippen molar-refractivity contribution in [3.63, 3.8) is 0 Å². The van der Waals surface area contributed by atoms with Crippen LogP contribution >= 0.6 is 0 Å². The number of nitrogens with zero attached hydrogens (tertiary/aromatic N) is 2. The van der Waals surface area contributed by atoms with Crippen LogP contribution in [-0.4, -0.2) is 49.5 Å². The van der Waals surface area contributed by atoms with Crippen molar-refractivity contribution in [3.05, 3.63) is 101 Å². The van der Waals surface area contributed by atoms with Crippen LogP contribution in [0.5, 0.6) is 0 Å². The van der Waals surface area contributed by atoms with Gasteiger partial charge in [0.2, 0.25) is 21.8 Å². The number of aryl methyl sites for hydroxylation is 1. The zero-order chi connectivity index (χ0) is 30.2. The Labute approximate surface area is 243 Å². The van der Waals surface area contributed by atoms with E-state index in [9.17, 15) is 22.4 Å². The third-order valence-corrected chi connectivity index (χ3v) is 7.70. The van der Waals surface area contributed by atoms with Crippen molar-refractivity contribution < 1.29 is 22.4 Å². The Kier molecular flexibility index (Phi) is 10.7. The summed E-state index contributed by atoms with van der Waals surface area (Å²) in [5.41, 5.74) is 2.71. The zero-order valence-corrected chi connectivity index (χ0v) is 25.2. The molecule has 0 aromatic heterocycles. The predicted octanol–water partition coefficient (Wildman–Crippen LogP) is 5.24. The van der Waals surface area contributed by atoms with Crippen LogP contribution in [0.15, 0.2) is 78.9 Å². The van der Waals surface area contributed by atoms with Crippen LogP contribution in [0.2, 0.25) is 0 Å². The fourth-order valence-electron chi connectivity index (χ4n) is 4.51. The molecule has 0 heterocycles. The van der Waals surface area contributed by atoms with E-state index in [1.54, 1.807) is 4.90 Å². The summed E-state index contributed by atoms with van der Waals surface area (Å²) in [6.45, 7) is 7.92. The largest absolute Gasteiger partial charge is 0.350 e. The van der Waals surface area contributed by atoms with E-state index >= 15 is 0 Å². The summed E-state index contributed by atoms with van der Waals surface area (Å²) in [6.07, 6.45) is 1.64. The second kappa shape index (κ2) is 13.8. The Hall–Kier alpha value is -3.72. The Morgan fingerprint density at radius 3 is 2.07 bits per heavy atom. The predicted molar refractivity (Wildman–Crippen MR) is 161 cm³/mol. The summed E-state index contributed by atoms with van der Waals surface area (Å²) in [6, 6.07) is 21.8. The molecule has 3 rings (SSSR count). The number of carbonyl (C=O) groups excluding carboxylic acids is 2. The van der Waals surface area contributed by atoms with Crippen LogP contribution in [0.4, 0.5) is 10.1 Å². The smallest absolute Gasteiger partial charge is 0.243 e. The van der Waals surface area contributed by atoms with Crippen LogP contribution in [0.25, 0.3) is 0 Å². The molecule has 0 bridgehead atoms. The van der Waals surface area contributed by atoms with Crippen LogP contribution in [0.1, 0.15) is 50.3 Å². The molecule has 41 heavy (non-hydrogen) atoms. The van der Waals surface area contributed by atoms with Gasteiger partial charge in [0.05, 0.1) is 11.9 Å². The van der Waals surface area contributed by atoms with Gasteiger partial charge in [-0.3, -0.25) is 13.9 Å². The molecule has 220 valence electrons. The topological polar surface area (TPSA) is 86.8 Å². The minimum absolute atomic E-state index is 0.0210. The van der Waals surface area contributed by atoms with E-state index in [-0.39, 0.29) is 37.7 Å². The number of hydrogen-bond acceptors (Lipinski definition) is 4. The van der Waals surface area contributed by atoms with Crippen molar-refractivity contribution in [3.8, 4) is 0 Å². The van der Waals surface area contributed by atoms with E-state index in [0.717, 1.165) is 27.3 Å². The van der Waals surface area contributed by atoms with Gasteiger partial charge in [0.15, 0.2) is 0 Å². The van der Waals surface area contributed by atoms with E-state index < -0.39 is 27.4 Å². The fourth-order valence-corrected chi connectivity index (χ4v) is 5.47. The number of rotatable bonds is 12. The van der Waals surface area contributed by atoms with E-state index in [4.69, 9.17) is 0 Å². The number of nitrogens with one attached hydrogen (secondary N) is 1. The maximum absolute atomic E-state index is 13.9. The zero-order valence-electron chi connectivity index (χ0n) is 24.4. The highest BCUT2D eigenvalue weighted by Crippen LogP contribution is 2.21. The van der Waals surface area contributed by atoms with Gasteiger partial charge >= 0.3 is 0 Å². The SMILES string of the molecule is Cc1ccc(CN(C(=O)CCCN(c2ccc(F)cc2)S(C)(=O)=O)C(Cc2ccccc2)C(=O)NC(C)(C)C)cc1. The monoisotopic (exact) mass is 581 g/mol. The summed E-state index contributed by atoms with van der Waals surface area (Å²) in [5.74, 6) is -0.990. The molecule has 7 nitrogen and oxygen atoms in total. The first-order valence-electron chi connectivity index (χ1n) is 13.7. The lowest BCUT2D eigenvalue weighted by molar-refractivity contribution is -0.142. The van der Waals surface area contributed by atoms with Crippen LogP contribution in [0, 0.1) is 12.7 Å². The maximum atomic E-state index is 13.9. The molecular weight excluding hydrogens is 541 g/mol. The molecule has 1 atom stereocenters. The van der Waals surface area contributed by atoms with Gasteiger partial charge < -0.3 is 10.2 Å². The third-order valence-electron chi connectivity index (χ3n) is 6.51. The van der Waals surface area contributed by atoms with Crippen LogP contribution in [-0.2, 0) is 32.6 Å². The normalized spacial score (nSPS) is 12.4. The summed E-state index contributed by atoms with van der Waals surface area (Å²) < 4.78 is 39.6. The molecule has 3 aromatic rings. The molecular formula is C32H40FN3O4S. The summed E-state index contributed by atoms with van der Waals surface area (Å²) >= 11 is 0. The molecule has 0 fully saturated rings. The first-order chi connectivity index (χ1) is 19.2. The summed E-state index contributed by atoms with van der Waals surface area (Å²) in [7, 11) is -3.67. The Morgan fingerprint density at radius 1 is 0.902 bits per heavy atom. The second-order valence-corrected chi connectivity index (χ2v) is 13.3. The van der Waals surface area contributed by atoms with Crippen molar-refractivity contribution in [1.82, 2.24) is 10.2 Å². The maximum Gasteiger partial charge on any atom is 0.243 e. The molecule has 2 amide bonds. The lowest BCUT2D eigenvalue weighted by Crippen LogP contribution is -2.54. The molecule has 0 aliphatic rings. The average Bonchev–Trinajstić information content (AvgIpc) is 2.89. The average molecular weight is 582 g/mol. The summed E-state index contributed by atoms with van der Waals surface area (Å²) in [5, 5.41) is 3.04. The minimum atomic E-state index is -3.67. The number of hydrogen-bond donors (Lipinski definition) is 1. The van der Waals surface area contributed by atoms with Gasteiger partial charge in [0.1, 0.15) is 11.9 Å². The molecule has 9 heteroatoms. The molecule has 0 aliphatic carbocycles. The van der Waals surface area contributed by atoms with Crippen molar-refractivity contribution in [2.24, 2.45) is 0 Å². The number of anilines is 1. The number of sulfonamides is 1. The molecule has 0 saturated heterocycles. The van der Waals surface area contributed by atoms with Crippen LogP contribution in [0.3, 0.4) is 0 Å². The first-order valence-corrected chi connectivity index (χ1v) is 15.5. The quantitative estimate of drug-likeness (QED) is 0.317. The lowest BCUT2D eigenvalue weighted by atomic mass is 10.00. The van der Waals surface area contributed by atoms with Crippen molar-refractivity contribution in [2.75, 3.05) is 17.1 Å². The van der Waals surface area contributed by atoms with E-state index in [0.29, 0.717) is 12.1 Å². The van der Waals surface area contributed by atoms with Crippen molar-refractivity contribution >= 4 is 27.5 Å². The van der Waals surface area contributed by atoms with Crippen molar-refractivity contribution in [2.45, 2.75) is 65.1 Å². The standard InChI is InChI=1S/C32H40FN3O4S/c1-24-13-15-26(16-14-24)23-35(29(31(38)34-32(2,3)4)22-25-10-7-6-8-11-25)30(37)12-9-21-36(41(5,39)40)28-19-17-27(33)18-20-28/h6-8,10-11,13-20,29H,9,12,21-23H2,1-5H3,(H,34,38). The van der Waals surface area contributed by atoms with Gasteiger partial charge in [0.25, 0.3) is 0 Å². The fraction of sp³-hybridized carbons (Fsp3) is 0.375. The van der Waals surface area contributed by atoms with E-state index in [1.165, 1.54) is 24.3 Å². The van der Waals surface area contributed by atoms with Gasteiger partial charge in [-0.25, -0.2) is 12.8 Å². The van der Waals surface area contributed by atoms with E-state index in [1.807, 2.05) is 82.3 Å². The van der Waals surface area contributed by atoms with Crippen molar-refractivity contribution in [1.29, 1.82) is 0 Å². The number of halogens is 1. The number of benzene rings is 3. The minimum Gasteiger partial charge on any atom is -0.350 e. The second-order valence-electron chi connectivity index (χ2n) is 11.4. The van der Waals surface area contributed by atoms with Gasteiger partial charge in [-0.1, -0.05) is 60.2 Å². The molecule has 1 N–H and O–H groups in total. The highest BCUT2D eigenvalue weighted by Gasteiger charge is 2.32. The molecule has 1 unspecified atom stereocenters.